The number of fused-ring (bicyclic) bond motifs is 1. The van der Waals surface area contributed by atoms with Gasteiger partial charge in [0.2, 0.25) is 0 Å². The molecule has 0 fully saturated rings. The van der Waals surface area contributed by atoms with E-state index in [1.54, 1.807) is 25.3 Å². The summed E-state index contributed by atoms with van der Waals surface area (Å²) in [6.45, 7) is 4.47. The Kier molecular flexibility index (Phi) is 4.33. The van der Waals surface area contributed by atoms with Gasteiger partial charge in [0.25, 0.3) is 5.56 Å². The third-order valence-corrected chi connectivity index (χ3v) is 4.95. The summed E-state index contributed by atoms with van der Waals surface area (Å²) in [6, 6.07) is 7.20. The standard InChI is InChI=1S/C20H21N3O5/c1-10(2)8-23-17-16(18(24)22-20(23)26)14(11-5-4-6-12(7-11)27-3)15-13(21-17)9-28-19(15)25/h4-7,10,14,21H,8-9H2,1-3H3,(H,22,24,26)/t14-/m0/s1. The lowest BCUT2D eigenvalue weighted by Gasteiger charge is -2.28. The number of nitrogens with zero attached hydrogens (tertiary/aromatic N) is 1. The zero-order chi connectivity index (χ0) is 20.0. The first-order valence-electron chi connectivity index (χ1n) is 9.08. The molecule has 3 heterocycles. The van der Waals surface area contributed by atoms with Crippen LogP contribution in [0, 0.1) is 5.92 Å². The number of H-pyrrole nitrogens is 1. The molecule has 0 saturated heterocycles. The Bertz CT molecular complexity index is 1110. The van der Waals surface area contributed by atoms with Gasteiger partial charge >= 0.3 is 11.7 Å². The number of anilines is 1. The minimum atomic E-state index is -0.654. The maximum absolute atomic E-state index is 12.8. The summed E-state index contributed by atoms with van der Waals surface area (Å²) in [4.78, 5) is 40.2. The van der Waals surface area contributed by atoms with Gasteiger partial charge in [-0.1, -0.05) is 26.0 Å². The number of hydrogen-bond donors (Lipinski definition) is 2. The van der Waals surface area contributed by atoms with E-state index in [1.807, 2.05) is 19.9 Å². The fourth-order valence-corrected chi connectivity index (χ4v) is 3.78. The number of carbonyl (C=O) groups is 1. The SMILES string of the molecule is COc1cccc([C@H]2C3=C(COC3=O)Nc3c2c(=O)[nH]c(=O)n3CC(C)C)c1. The summed E-state index contributed by atoms with van der Waals surface area (Å²) >= 11 is 0. The zero-order valence-corrected chi connectivity index (χ0v) is 15.9. The second-order valence-electron chi connectivity index (χ2n) is 7.33. The van der Waals surface area contributed by atoms with Gasteiger partial charge in [0.05, 0.1) is 29.9 Å². The quantitative estimate of drug-likeness (QED) is 0.777. The van der Waals surface area contributed by atoms with Gasteiger partial charge in [0, 0.05) is 6.54 Å². The first-order chi connectivity index (χ1) is 13.4. The number of aromatic amines is 1. The molecule has 2 aliphatic rings. The van der Waals surface area contributed by atoms with Crippen LogP contribution >= 0.6 is 0 Å². The lowest BCUT2D eigenvalue weighted by Crippen LogP contribution is -2.39. The van der Waals surface area contributed by atoms with Crippen LogP contribution in [-0.4, -0.2) is 29.2 Å². The number of methoxy groups -OCH3 is 1. The van der Waals surface area contributed by atoms with E-state index in [-0.39, 0.29) is 12.5 Å². The van der Waals surface area contributed by atoms with E-state index in [1.165, 1.54) is 4.57 Å². The van der Waals surface area contributed by atoms with Crippen molar-refractivity contribution in [2.45, 2.75) is 26.3 Å². The lowest BCUT2D eigenvalue weighted by molar-refractivity contribution is -0.136. The highest BCUT2D eigenvalue weighted by Crippen LogP contribution is 2.42. The summed E-state index contributed by atoms with van der Waals surface area (Å²) in [5, 5.41) is 3.12. The molecule has 0 unspecified atom stereocenters. The van der Waals surface area contributed by atoms with E-state index < -0.39 is 23.1 Å². The number of hydrogen-bond acceptors (Lipinski definition) is 6. The number of esters is 1. The molecule has 2 N–H and O–H groups in total. The van der Waals surface area contributed by atoms with Gasteiger partial charge in [0.15, 0.2) is 0 Å². The molecule has 0 bridgehead atoms. The number of ether oxygens (including phenoxy) is 2. The maximum Gasteiger partial charge on any atom is 0.337 e. The first kappa shape index (κ1) is 18.1. The average molecular weight is 383 g/mol. The second-order valence-corrected chi connectivity index (χ2v) is 7.33. The average Bonchev–Trinajstić information content (AvgIpc) is 3.04. The molecule has 8 nitrogen and oxygen atoms in total. The van der Waals surface area contributed by atoms with Crippen molar-refractivity contribution in [1.29, 1.82) is 0 Å². The molecule has 1 aromatic heterocycles. The normalized spacial score (nSPS) is 17.9. The predicted octanol–water partition coefficient (Wildman–Crippen LogP) is 1.57. The Morgan fingerprint density at radius 1 is 1.29 bits per heavy atom. The molecule has 2 aliphatic heterocycles. The Morgan fingerprint density at radius 2 is 2.07 bits per heavy atom. The number of aromatic nitrogens is 2. The van der Waals surface area contributed by atoms with Crippen LogP contribution in [0.2, 0.25) is 0 Å². The Labute approximate surface area is 160 Å². The van der Waals surface area contributed by atoms with E-state index in [9.17, 15) is 14.4 Å². The molecule has 0 spiro atoms. The third kappa shape index (κ3) is 2.81. The van der Waals surface area contributed by atoms with Crippen LogP contribution in [0.3, 0.4) is 0 Å². The molecule has 4 rings (SSSR count). The molecular formula is C20H21N3O5. The Morgan fingerprint density at radius 3 is 2.79 bits per heavy atom. The van der Waals surface area contributed by atoms with Crippen molar-refractivity contribution in [3.8, 4) is 5.75 Å². The van der Waals surface area contributed by atoms with E-state index in [2.05, 4.69) is 10.3 Å². The predicted molar refractivity (Wildman–Crippen MR) is 103 cm³/mol. The third-order valence-electron chi connectivity index (χ3n) is 4.95. The second kappa shape index (κ2) is 6.70. The molecule has 0 saturated carbocycles. The van der Waals surface area contributed by atoms with Crippen LogP contribution in [0.15, 0.2) is 45.1 Å². The summed E-state index contributed by atoms with van der Waals surface area (Å²) in [7, 11) is 1.55. The van der Waals surface area contributed by atoms with E-state index in [0.717, 1.165) is 0 Å². The minimum absolute atomic E-state index is 0.0801. The van der Waals surface area contributed by atoms with Crippen LogP contribution in [0.4, 0.5) is 5.82 Å². The van der Waals surface area contributed by atoms with Crippen LogP contribution in [0.5, 0.6) is 5.75 Å². The molecule has 0 amide bonds. The topological polar surface area (TPSA) is 102 Å². The van der Waals surface area contributed by atoms with Gasteiger partial charge in [-0.05, 0) is 23.6 Å². The van der Waals surface area contributed by atoms with Crippen molar-refractivity contribution >= 4 is 11.8 Å². The fraction of sp³-hybridized carbons (Fsp3) is 0.350. The molecule has 0 aliphatic carbocycles. The largest absolute Gasteiger partial charge is 0.497 e. The molecule has 0 radical (unpaired) electrons. The monoisotopic (exact) mass is 383 g/mol. The highest BCUT2D eigenvalue weighted by molar-refractivity contribution is 5.96. The van der Waals surface area contributed by atoms with Gasteiger partial charge in [0.1, 0.15) is 18.2 Å². The van der Waals surface area contributed by atoms with E-state index in [4.69, 9.17) is 9.47 Å². The van der Waals surface area contributed by atoms with Gasteiger partial charge in [-0.3, -0.25) is 14.3 Å². The van der Waals surface area contributed by atoms with Crippen LogP contribution in [0.1, 0.15) is 30.9 Å². The van der Waals surface area contributed by atoms with Crippen molar-refractivity contribution < 1.29 is 14.3 Å². The Hall–Kier alpha value is -3.29. The molecule has 146 valence electrons. The summed E-state index contributed by atoms with van der Waals surface area (Å²) in [5.41, 5.74) is 1.00. The van der Waals surface area contributed by atoms with Crippen LogP contribution in [0.25, 0.3) is 0 Å². The molecule has 1 atom stereocenters. The summed E-state index contributed by atoms with van der Waals surface area (Å²) in [6.07, 6.45) is 0. The van der Waals surface area contributed by atoms with Crippen molar-refractivity contribution in [2.24, 2.45) is 5.92 Å². The number of rotatable bonds is 4. The van der Waals surface area contributed by atoms with Crippen molar-refractivity contribution in [2.75, 3.05) is 19.0 Å². The van der Waals surface area contributed by atoms with E-state index in [0.29, 0.717) is 40.5 Å². The van der Waals surface area contributed by atoms with Gasteiger partial charge in [-0.2, -0.15) is 0 Å². The highest BCUT2D eigenvalue weighted by Gasteiger charge is 2.41. The molecular weight excluding hydrogens is 362 g/mol. The van der Waals surface area contributed by atoms with Crippen molar-refractivity contribution in [3.05, 3.63) is 67.5 Å². The summed E-state index contributed by atoms with van der Waals surface area (Å²) in [5.74, 6) is 0.0769. The number of cyclic esters (lactones) is 1. The molecule has 1 aromatic carbocycles. The summed E-state index contributed by atoms with van der Waals surface area (Å²) < 4.78 is 12.0. The van der Waals surface area contributed by atoms with Crippen molar-refractivity contribution in [1.82, 2.24) is 9.55 Å². The van der Waals surface area contributed by atoms with Gasteiger partial charge in [-0.15, -0.1) is 0 Å². The van der Waals surface area contributed by atoms with Crippen LogP contribution < -0.4 is 21.3 Å². The minimum Gasteiger partial charge on any atom is -0.497 e. The van der Waals surface area contributed by atoms with E-state index >= 15 is 0 Å². The fourth-order valence-electron chi connectivity index (χ4n) is 3.78. The number of nitrogens with one attached hydrogen (secondary N) is 2. The van der Waals surface area contributed by atoms with Gasteiger partial charge in [-0.25, -0.2) is 9.59 Å². The maximum atomic E-state index is 12.8. The Balaban J connectivity index is 2.01. The first-order valence-corrected chi connectivity index (χ1v) is 9.08. The molecule has 8 heteroatoms. The lowest BCUT2D eigenvalue weighted by atomic mass is 9.82. The van der Waals surface area contributed by atoms with Crippen LogP contribution in [-0.2, 0) is 16.1 Å². The van der Waals surface area contributed by atoms with Crippen molar-refractivity contribution in [3.63, 3.8) is 0 Å². The smallest absolute Gasteiger partial charge is 0.337 e. The number of carbonyl (C=O) groups excluding carboxylic acids is 1. The molecule has 2 aromatic rings. The number of benzene rings is 1. The zero-order valence-electron chi connectivity index (χ0n) is 15.9. The van der Waals surface area contributed by atoms with Gasteiger partial charge < -0.3 is 14.8 Å². The molecule has 28 heavy (non-hydrogen) atoms. The highest BCUT2D eigenvalue weighted by atomic mass is 16.5.